The predicted molar refractivity (Wildman–Crippen MR) is 78.6 cm³/mol. The van der Waals surface area contributed by atoms with E-state index in [0.717, 1.165) is 12.8 Å². The Morgan fingerprint density at radius 3 is 2.33 bits per heavy atom. The van der Waals surface area contributed by atoms with Gasteiger partial charge in [0.05, 0.1) is 5.92 Å². The third-order valence-electron chi connectivity index (χ3n) is 3.97. The van der Waals surface area contributed by atoms with Gasteiger partial charge in [-0.05, 0) is 25.7 Å². The van der Waals surface area contributed by atoms with Crippen LogP contribution in [-0.2, 0) is 14.4 Å². The summed E-state index contributed by atoms with van der Waals surface area (Å²) in [5, 5.41) is 14.0. The normalized spacial score (nSPS) is 18.6. The molecule has 3 N–H and O–H groups in total. The zero-order valence-electron chi connectivity index (χ0n) is 12.9. The molecule has 2 amide bonds. The van der Waals surface area contributed by atoms with E-state index in [2.05, 4.69) is 10.6 Å². The van der Waals surface area contributed by atoms with Crippen LogP contribution in [0.3, 0.4) is 0 Å². The summed E-state index contributed by atoms with van der Waals surface area (Å²) >= 11 is 0. The summed E-state index contributed by atoms with van der Waals surface area (Å²) in [5.41, 5.74) is 0. The molecule has 0 aromatic carbocycles. The number of carbonyl (C=O) groups is 3. The van der Waals surface area contributed by atoms with Crippen LogP contribution in [0.4, 0.5) is 0 Å². The number of carboxylic acid groups (broad SMARTS) is 1. The molecule has 1 aliphatic carbocycles. The van der Waals surface area contributed by atoms with Gasteiger partial charge in [0, 0.05) is 13.0 Å². The summed E-state index contributed by atoms with van der Waals surface area (Å²) in [4.78, 5) is 34.3. The van der Waals surface area contributed by atoms with Crippen molar-refractivity contribution in [2.75, 3.05) is 6.54 Å². The lowest BCUT2D eigenvalue weighted by molar-refractivity contribution is -0.141. The molecular weight excluding hydrogens is 272 g/mol. The highest BCUT2D eigenvalue weighted by Crippen LogP contribution is 2.26. The monoisotopic (exact) mass is 298 g/mol. The summed E-state index contributed by atoms with van der Waals surface area (Å²) in [6.07, 6.45) is 6.26. The molecule has 0 aromatic heterocycles. The molecule has 2 unspecified atom stereocenters. The van der Waals surface area contributed by atoms with E-state index in [1.54, 1.807) is 6.92 Å². The third kappa shape index (κ3) is 6.60. The molecule has 0 aromatic rings. The van der Waals surface area contributed by atoms with Gasteiger partial charge in [0.1, 0.15) is 6.04 Å². The van der Waals surface area contributed by atoms with Crippen molar-refractivity contribution in [3.63, 3.8) is 0 Å². The van der Waals surface area contributed by atoms with Gasteiger partial charge < -0.3 is 15.7 Å². The molecule has 0 radical (unpaired) electrons. The maximum atomic E-state index is 11.9. The van der Waals surface area contributed by atoms with Gasteiger partial charge in [-0.1, -0.05) is 26.2 Å². The summed E-state index contributed by atoms with van der Waals surface area (Å²) < 4.78 is 0. The summed E-state index contributed by atoms with van der Waals surface area (Å²) in [6, 6.07) is -0.637. The fourth-order valence-corrected chi connectivity index (χ4v) is 2.51. The molecule has 0 heterocycles. The van der Waals surface area contributed by atoms with E-state index in [1.807, 2.05) is 0 Å². The van der Waals surface area contributed by atoms with Gasteiger partial charge in [0.15, 0.2) is 0 Å². The van der Waals surface area contributed by atoms with E-state index in [1.165, 1.54) is 26.2 Å². The van der Waals surface area contributed by atoms with E-state index in [4.69, 9.17) is 5.11 Å². The standard InChI is InChI=1S/C15H26N2O4/c1-10(15(20)21)9-16-14(19)11(2)17-13(18)8-12-6-4-3-5-7-12/h10-12H,3-9H2,1-2H3,(H,16,19)(H,17,18)(H,20,21). The van der Waals surface area contributed by atoms with Gasteiger partial charge in [-0.25, -0.2) is 0 Å². The maximum Gasteiger partial charge on any atom is 0.308 e. The van der Waals surface area contributed by atoms with Crippen LogP contribution in [0.1, 0.15) is 52.4 Å². The Labute approximate surface area is 125 Å². The number of carbonyl (C=O) groups excluding carboxylic acids is 2. The van der Waals surface area contributed by atoms with Crippen molar-refractivity contribution in [1.82, 2.24) is 10.6 Å². The zero-order valence-corrected chi connectivity index (χ0v) is 12.9. The SMILES string of the molecule is CC(CNC(=O)C(C)NC(=O)CC1CCCCC1)C(=O)O. The van der Waals surface area contributed by atoms with E-state index in [0.29, 0.717) is 12.3 Å². The molecule has 0 saturated heterocycles. The number of amides is 2. The van der Waals surface area contributed by atoms with E-state index in [-0.39, 0.29) is 18.4 Å². The van der Waals surface area contributed by atoms with Gasteiger partial charge in [0.2, 0.25) is 11.8 Å². The second kappa shape index (κ2) is 8.64. The lowest BCUT2D eigenvalue weighted by Crippen LogP contribution is -2.46. The highest BCUT2D eigenvalue weighted by atomic mass is 16.4. The first-order chi connectivity index (χ1) is 9.90. The van der Waals surface area contributed by atoms with Crippen LogP contribution < -0.4 is 10.6 Å². The van der Waals surface area contributed by atoms with Crippen LogP contribution in [-0.4, -0.2) is 35.5 Å². The van der Waals surface area contributed by atoms with Crippen molar-refractivity contribution >= 4 is 17.8 Å². The summed E-state index contributed by atoms with van der Waals surface area (Å²) in [6.45, 7) is 3.20. The molecule has 0 spiro atoms. The Kier molecular flexibility index (Phi) is 7.19. The Balaban J connectivity index is 2.27. The minimum atomic E-state index is -0.954. The number of rotatable bonds is 7. The largest absolute Gasteiger partial charge is 0.481 e. The lowest BCUT2D eigenvalue weighted by Gasteiger charge is -2.22. The maximum absolute atomic E-state index is 11.9. The van der Waals surface area contributed by atoms with Crippen LogP contribution in [0, 0.1) is 11.8 Å². The molecule has 2 atom stereocenters. The first kappa shape index (κ1) is 17.5. The van der Waals surface area contributed by atoms with Crippen molar-refractivity contribution in [2.45, 2.75) is 58.4 Å². The van der Waals surface area contributed by atoms with Crippen LogP contribution in [0.5, 0.6) is 0 Å². The second-order valence-corrected chi connectivity index (χ2v) is 5.98. The molecule has 0 bridgehead atoms. The van der Waals surface area contributed by atoms with Crippen molar-refractivity contribution in [3.8, 4) is 0 Å². The molecule has 6 heteroatoms. The van der Waals surface area contributed by atoms with E-state index >= 15 is 0 Å². The average Bonchev–Trinajstić information content (AvgIpc) is 2.44. The molecule has 21 heavy (non-hydrogen) atoms. The fourth-order valence-electron chi connectivity index (χ4n) is 2.51. The average molecular weight is 298 g/mol. The Bertz CT molecular complexity index is 378. The first-order valence-electron chi connectivity index (χ1n) is 7.70. The molecule has 1 rings (SSSR count). The van der Waals surface area contributed by atoms with Crippen molar-refractivity contribution in [1.29, 1.82) is 0 Å². The minimum Gasteiger partial charge on any atom is -0.481 e. The van der Waals surface area contributed by atoms with Crippen molar-refractivity contribution in [3.05, 3.63) is 0 Å². The highest BCUT2D eigenvalue weighted by Gasteiger charge is 2.21. The lowest BCUT2D eigenvalue weighted by atomic mass is 9.87. The second-order valence-electron chi connectivity index (χ2n) is 5.98. The predicted octanol–water partition coefficient (Wildman–Crippen LogP) is 1.30. The summed E-state index contributed by atoms with van der Waals surface area (Å²) in [5.74, 6) is -1.61. The van der Waals surface area contributed by atoms with Crippen molar-refractivity contribution < 1.29 is 19.5 Å². The van der Waals surface area contributed by atoms with Gasteiger partial charge >= 0.3 is 5.97 Å². The number of carboxylic acids is 1. The molecule has 1 saturated carbocycles. The number of hydrogen-bond donors (Lipinski definition) is 3. The van der Waals surface area contributed by atoms with Gasteiger partial charge in [-0.2, -0.15) is 0 Å². The fraction of sp³-hybridized carbons (Fsp3) is 0.800. The Morgan fingerprint density at radius 1 is 1.14 bits per heavy atom. The van der Waals surface area contributed by atoms with Crippen molar-refractivity contribution in [2.24, 2.45) is 11.8 Å². The topological polar surface area (TPSA) is 95.5 Å². The minimum absolute atomic E-state index is 0.0665. The quantitative estimate of drug-likeness (QED) is 0.660. The van der Waals surface area contributed by atoms with Crippen LogP contribution in [0.2, 0.25) is 0 Å². The van der Waals surface area contributed by atoms with E-state index < -0.39 is 17.9 Å². The Hall–Kier alpha value is -1.59. The molecular formula is C15H26N2O4. The smallest absolute Gasteiger partial charge is 0.308 e. The molecule has 0 aliphatic heterocycles. The van der Waals surface area contributed by atoms with Gasteiger partial charge in [0.25, 0.3) is 0 Å². The molecule has 1 fully saturated rings. The molecule has 120 valence electrons. The zero-order chi connectivity index (χ0) is 15.8. The van der Waals surface area contributed by atoms with Gasteiger partial charge in [-0.3, -0.25) is 14.4 Å². The van der Waals surface area contributed by atoms with Crippen LogP contribution >= 0.6 is 0 Å². The third-order valence-corrected chi connectivity index (χ3v) is 3.97. The number of hydrogen-bond acceptors (Lipinski definition) is 3. The number of aliphatic carboxylic acids is 1. The van der Waals surface area contributed by atoms with Gasteiger partial charge in [-0.15, -0.1) is 0 Å². The first-order valence-corrected chi connectivity index (χ1v) is 7.70. The molecule has 1 aliphatic rings. The number of nitrogens with one attached hydrogen (secondary N) is 2. The highest BCUT2D eigenvalue weighted by molar-refractivity contribution is 5.87. The Morgan fingerprint density at radius 2 is 1.76 bits per heavy atom. The van der Waals surface area contributed by atoms with Crippen LogP contribution in [0.15, 0.2) is 0 Å². The van der Waals surface area contributed by atoms with E-state index in [9.17, 15) is 14.4 Å². The van der Waals surface area contributed by atoms with Crippen LogP contribution in [0.25, 0.3) is 0 Å². The molecule has 6 nitrogen and oxygen atoms in total. The summed E-state index contributed by atoms with van der Waals surface area (Å²) in [7, 11) is 0.